The van der Waals surface area contributed by atoms with E-state index in [1.54, 1.807) is 22.8 Å². The number of hydrogen-bond acceptors (Lipinski definition) is 5. The quantitative estimate of drug-likeness (QED) is 0.722. The molecule has 1 amide bonds. The number of fused-ring (bicyclic) bond motifs is 1. The van der Waals surface area contributed by atoms with Gasteiger partial charge >= 0.3 is 0 Å². The molecule has 0 spiro atoms. The van der Waals surface area contributed by atoms with Crippen LogP contribution in [0.4, 0.5) is 0 Å². The van der Waals surface area contributed by atoms with E-state index in [0.29, 0.717) is 36.8 Å². The molecule has 168 valence electrons. The number of carbonyl (C=O) groups excluding carboxylic acids is 1. The minimum atomic E-state index is -3.30. The van der Waals surface area contributed by atoms with Crippen LogP contribution in [0.25, 0.3) is 5.69 Å². The number of piperidine rings is 1. The molecule has 31 heavy (non-hydrogen) atoms. The van der Waals surface area contributed by atoms with Gasteiger partial charge in [0, 0.05) is 26.2 Å². The van der Waals surface area contributed by atoms with E-state index in [0.717, 1.165) is 42.7 Å². The van der Waals surface area contributed by atoms with Crippen LogP contribution in [0, 0.1) is 12.8 Å². The Labute approximate surface area is 184 Å². The van der Waals surface area contributed by atoms with Gasteiger partial charge in [0.25, 0.3) is 5.91 Å². The summed E-state index contributed by atoms with van der Waals surface area (Å²) in [5.41, 5.74) is 4.02. The van der Waals surface area contributed by atoms with Gasteiger partial charge in [0.05, 0.1) is 16.6 Å². The van der Waals surface area contributed by atoms with Crippen LogP contribution in [0.1, 0.15) is 60.9 Å². The molecule has 3 heterocycles. The van der Waals surface area contributed by atoms with Gasteiger partial charge < -0.3 is 4.90 Å². The molecule has 2 aliphatic heterocycles. The first-order chi connectivity index (χ1) is 14.7. The van der Waals surface area contributed by atoms with E-state index in [2.05, 4.69) is 17.2 Å². The minimum absolute atomic E-state index is 0.0605. The van der Waals surface area contributed by atoms with Gasteiger partial charge in [0.1, 0.15) is 0 Å². The molecular weight excluding hydrogens is 414 g/mol. The van der Waals surface area contributed by atoms with E-state index < -0.39 is 15.3 Å². The van der Waals surface area contributed by atoms with Crippen molar-refractivity contribution >= 4 is 15.9 Å². The molecule has 1 aromatic carbocycles. The topological polar surface area (TPSA) is 88.4 Å². The first-order valence-corrected chi connectivity index (χ1v) is 12.5. The van der Waals surface area contributed by atoms with Gasteiger partial charge in [-0.2, -0.15) is 4.31 Å². The Hall–Kier alpha value is -2.26. The van der Waals surface area contributed by atoms with E-state index >= 15 is 0 Å². The van der Waals surface area contributed by atoms with Crippen molar-refractivity contribution in [1.82, 2.24) is 24.2 Å². The highest BCUT2D eigenvalue weighted by Gasteiger charge is 2.31. The lowest BCUT2D eigenvalue weighted by atomic mass is 9.98. The molecule has 4 rings (SSSR count). The van der Waals surface area contributed by atoms with Gasteiger partial charge in [-0.15, -0.1) is 5.10 Å². The average molecular weight is 446 g/mol. The van der Waals surface area contributed by atoms with E-state index in [-0.39, 0.29) is 5.91 Å². The average Bonchev–Trinajstić information content (AvgIpc) is 3.13. The molecule has 0 atom stereocenters. The number of likely N-dealkylation sites (tertiary alicyclic amines) is 1. The predicted molar refractivity (Wildman–Crippen MR) is 119 cm³/mol. The molecule has 0 radical (unpaired) electrons. The minimum Gasteiger partial charge on any atom is -0.337 e. The maximum Gasteiger partial charge on any atom is 0.276 e. The third-order valence-corrected chi connectivity index (χ3v) is 8.78. The smallest absolute Gasteiger partial charge is 0.276 e. The van der Waals surface area contributed by atoms with Crippen molar-refractivity contribution in [1.29, 1.82) is 0 Å². The third-order valence-electron chi connectivity index (χ3n) is 6.56. The second-order valence-electron chi connectivity index (χ2n) is 9.00. The fourth-order valence-corrected chi connectivity index (χ4v) is 5.66. The predicted octanol–water partition coefficient (Wildman–Crippen LogP) is 2.54. The fourth-order valence-electron chi connectivity index (χ4n) is 4.39. The van der Waals surface area contributed by atoms with E-state index in [9.17, 15) is 13.2 Å². The maximum atomic E-state index is 13.0. The summed E-state index contributed by atoms with van der Waals surface area (Å²) in [6.07, 6.45) is 2.63. The summed E-state index contributed by atoms with van der Waals surface area (Å²) in [6.45, 7) is 9.82. The Morgan fingerprint density at radius 1 is 1.16 bits per heavy atom. The second-order valence-corrected chi connectivity index (χ2v) is 11.5. The van der Waals surface area contributed by atoms with Crippen molar-refractivity contribution in [2.45, 2.75) is 58.8 Å². The normalized spacial score (nSPS) is 18.4. The number of nitrogens with zero attached hydrogens (tertiary/aromatic N) is 5. The first-order valence-electron chi connectivity index (χ1n) is 11.0. The summed E-state index contributed by atoms with van der Waals surface area (Å²) in [6, 6.07) is 5.84. The van der Waals surface area contributed by atoms with Crippen LogP contribution in [0.2, 0.25) is 0 Å². The molecule has 1 fully saturated rings. The Morgan fingerprint density at radius 3 is 2.55 bits per heavy atom. The van der Waals surface area contributed by atoms with Crippen LogP contribution in [0.15, 0.2) is 18.2 Å². The van der Waals surface area contributed by atoms with Crippen molar-refractivity contribution < 1.29 is 13.2 Å². The Morgan fingerprint density at radius 2 is 1.87 bits per heavy atom. The largest absolute Gasteiger partial charge is 0.337 e. The summed E-state index contributed by atoms with van der Waals surface area (Å²) >= 11 is 0. The van der Waals surface area contributed by atoms with Crippen molar-refractivity contribution in [3.63, 3.8) is 0 Å². The Balaban J connectivity index is 1.62. The monoisotopic (exact) mass is 445 g/mol. The van der Waals surface area contributed by atoms with Crippen molar-refractivity contribution in [2.75, 3.05) is 19.6 Å². The van der Waals surface area contributed by atoms with E-state index in [1.165, 1.54) is 0 Å². The molecule has 8 nitrogen and oxygen atoms in total. The van der Waals surface area contributed by atoms with Crippen molar-refractivity contribution in [3.8, 4) is 5.69 Å². The number of sulfonamides is 1. The fraction of sp³-hybridized carbons (Fsp3) is 0.591. The lowest BCUT2D eigenvalue weighted by molar-refractivity contribution is 0.0690. The number of aromatic nitrogens is 3. The number of benzene rings is 1. The van der Waals surface area contributed by atoms with Gasteiger partial charge in [0.2, 0.25) is 10.0 Å². The molecule has 2 aromatic rings. The Bertz CT molecular complexity index is 1080. The van der Waals surface area contributed by atoms with Crippen LogP contribution < -0.4 is 0 Å². The molecule has 2 aliphatic rings. The number of carbonyl (C=O) groups is 1. The van der Waals surface area contributed by atoms with Crippen LogP contribution >= 0.6 is 0 Å². The van der Waals surface area contributed by atoms with Gasteiger partial charge in [-0.05, 0) is 63.1 Å². The summed E-state index contributed by atoms with van der Waals surface area (Å²) in [4.78, 5) is 14.9. The van der Waals surface area contributed by atoms with Crippen LogP contribution in [0.5, 0.6) is 0 Å². The van der Waals surface area contributed by atoms with Crippen molar-refractivity contribution in [2.24, 2.45) is 5.92 Å². The first kappa shape index (κ1) is 22.0. The number of hydrogen-bond donors (Lipinski definition) is 0. The lowest BCUT2D eigenvalue weighted by Crippen LogP contribution is -2.40. The molecular formula is C22H31N5O3S. The van der Waals surface area contributed by atoms with Gasteiger partial charge in [-0.1, -0.05) is 24.3 Å². The zero-order valence-corrected chi connectivity index (χ0v) is 19.5. The highest BCUT2D eigenvalue weighted by atomic mass is 32.2. The highest BCUT2D eigenvalue weighted by Crippen LogP contribution is 2.28. The van der Waals surface area contributed by atoms with E-state index in [1.807, 2.05) is 30.0 Å². The zero-order chi connectivity index (χ0) is 22.3. The van der Waals surface area contributed by atoms with Gasteiger partial charge in [-0.3, -0.25) is 4.79 Å². The molecule has 1 aromatic heterocycles. The summed E-state index contributed by atoms with van der Waals surface area (Å²) in [5.74, 6) is 0.588. The van der Waals surface area contributed by atoms with E-state index in [4.69, 9.17) is 0 Å². The lowest BCUT2D eigenvalue weighted by Gasteiger charge is -2.30. The maximum absolute atomic E-state index is 13.0. The summed E-state index contributed by atoms with van der Waals surface area (Å²) < 4.78 is 28.5. The SMILES string of the molecule is Cc1c(C(=O)N2CCC(C)CC2)nnn1-c1cccc2c1CCN(S(=O)(=O)C(C)C)C2. The molecule has 0 aliphatic carbocycles. The molecule has 0 saturated carbocycles. The molecule has 0 bridgehead atoms. The molecule has 0 N–H and O–H groups in total. The zero-order valence-electron chi connectivity index (χ0n) is 18.7. The van der Waals surface area contributed by atoms with Gasteiger partial charge in [0.15, 0.2) is 5.69 Å². The summed E-state index contributed by atoms with van der Waals surface area (Å²) in [7, 11) is -3.30. The van der Waals surface area contributed by atoms with Crippen LogP contribution in [0.3, 0.4) is 0 Å². The van der Waals surface area contributed by atoms with Gasteiger partial charge in [-0.25, -0.2) is 13.1 Å². The molecule has 9 heteroatoms. The number of amides is 1. The standard InChI is InChI=1S/C22H31N5O3S/c1-15(2)31(29,30)26-13-10-19-18(14-26)6-5-7-20(19)27-17(4)21(23-24-27)22(28)25-11-8-16(3)9-12-25/h5-7,15-16H,8-14H2,1-4H3. The van der Waals surface area contributed by atoms with Crippen molar-refractivity contribution in [3.05, 3.63) is 40.7 Å². The third kappa shape index (κ3) is 4.01. The van der Waals surface area contributed by atoms with Crippen LogP contribution in [-0.2, 0) is 23.0 Å². The molecule has 1 saturated heterocycles. The van der Waals surface area contributed by atoms with Crippen LogP contribution in [-0.4, -0.2) is 63.4 Å². The Kier molecular flexibility index (Phi) is 5.91. The molecule has 0 unspecified atom stereocenters. The second kappa shape index (κ2) is 8.35. The highest BCUT2D eigenvalue weighted by molar-refractivity contribution is 7.89. The summed E-state index contributed by atoms with van der Waals surface area (Å²) in [5, 5.41) is 8.09. The number of rotatable bonds is 4.